The number of aliphatic carboxylic acids is 1. The highest BCUT2D eigenvalue weighted by Crippen LogP contribution is 2.04. The van der Waals surface area contributed by atoms with E-state index in [1.165, 1.54) is 0 Å². The Kier molecular flexibility index (Phi) is 6.91. The molecule has 0 bridgehead atoms. The van der Waals surface area contributed by atoms with Crippen LogP contribution in [0.4, 0.5) is 0 Å². The molecule has 1 atom stereocenters. The maximum atomic E-state index is 11.7. The van der Waals surface area contributed by atoms with Gasteiger partial charge in [0.25, 0.3) is 0 Å². The van der Waals surface area contributed by atoms with Gasteiger partial charge in [-0.25, -0.2) is 4.79 Å². The van der Waals surface area contributed by atoms with Crippen LogP contribution in [0.2, 0.25) is 0 Å². The fourth-order valence-corrected chi connectivity index (χ4v) is 1.78. The highest BCUT2D eigenvalue weighted by Gasteiger charge is 2.19. The second-order valence-electron chi connectivity index (χ2n) is 4.43. The first-order chi connectivity index (χ1) is 9.63. The van der Waals surface area contributed by atoms with E-state index in [0.717, 1.165) is 5.56 Å². The van der Waals surface area contributed by atoms with Crippen molar-refractivity contribution >= 4 is 11.9 Å². The maximum absolute atomic E-state index is 11.7. The SMILES string of the molecule is CC#CCCCC(=O)NC(Cc1ccccc1)C(=O)O. The number of rotatable bonds is 7. The normalized spacial score (nSPS) is 11.1. The lowest BCUT2D eigenvalue weighted by Crippen LogP contribution is -2.42. The molecule has 1 aromatic carbocycles. The minimum Gasteiger partial charge on any atom is -0.480 e. The van der Waals surface area contributed by atoms with Crippen molar-refractivity contribution in [2.24, 2.45) is 0 Å². The summed E-state index contributed by atoms with van der Waals surface area (Å²) in [6.07, 6.45) is 1.88. The van der Waals surface area contributed by atoms with Gasteiger partial charge in [0.05, 0.1) is 0 Å². The fraction of sp³-hybridized carbons (Fsp3) is 0.375. The summed E-state index contributed by atoms with van der Waals surface area (Å²) in [5.41, 5.74) is 0.886. The van der Waals surface area contributed by atoms with Crippen molar-refractivity contribution < 1.29 is 14.7 Å². The first-order valence-corrected chi connectivity index (χ1v) is 6.59. The van der Waals surface area contributed by atoms with Crippen molar-refractivity contribution in [1.29, 1.82) is 0 Å². The number of benzene rings is 1. The largest absolute Gasteiger partial charge is 0.480 e. The van der Waals surface area contributed by atoms with E-state index < -0.39 is 12.0 Å². The summed E-state index contributed by atoms with van der Waals surface area (Å²) in [6, 6.07) is 8.37. The predicted molar refractivity (Wildman–Crippen MR) is 77.0 cm³/mol. The third-order valence-electron chi connectivity index (χ3n) is 2.80. The first-order valence-electron chi connectivity index (χ1n) is 6.59. The topological polar surface area (TPSA) is 66.4 Å². The van der Waals surface area contributed by atoms with Gasteiger partial charge in [-0.2, -0.15) is 0 Å². The molecule has 0 saturated heterocycles. The van der Waals surface area contributed by atoms with Crippen LogP contribution in [-0.4, -0.2) is 23.0 Å². The Morgan fingerprint density at radius 3 is 2.60 bits per heavy atom. The summed E-state index contributed by atoms with van der Waals surface area (Å²) in [6.45, 7) is 1.75. The monoisotopic (exact) mass is 273 g/mol. The van der Waals surface area contributed by atoms with Crippen LogP contribution in [0.5, 0.6) is 0 Å². The summed E-state index contributed by atoms with van der Waals surface area (Å²) < 4.78 is 0. The molecular weight excluding hydrogens is 254 g/mol. The van der Waals surface area contributed by atoms with E-state index in [1.54, 1.807) is 6.92 Å². The molecule has 0 heterocycles. The number of unbranched alkanes of at least 4 members (excludes halogenated alkanes) is 1. The molecule has 0 aliphatic carbocycles. The van der Waals surface area contributed by atoms with E-state index in [4.69, 9.17) is 5.11 Å². The molecule has 1 rings (SSSR count). The predicted octanol–water partition coefficient (Wildman–Crippen LogP) is 1.99. The number of hydrogen-bond donors (Lipinski definition) is 2. The first kappa shape index (κ1) is 15.8. The van der Waals surface area contributed by atoms with Crippen LogP contribution in [0, 0.1) is 11.8 Å². The number of nitrogens with one attached hydrogen (secondary N) is 1. The van der Waals surface area contributed by atoms with E-state index in [0.29, 0.717) is 19.3 Å². The molecule has 1 aromatic rings. The van der Waals surface area contributed by atoms with E-state index in [9.17, 15) is 9.59 Å². The standard InChI is InChI=1S/C16H19NO3/c1-2-3-4-8-11-15(18)17-14(16(19)20)12-13-9-6-5-7-10-13/h5-7,9-10,14H,4,8,11-12H2,1H3,(H,17,18)(H,19,20). The molecular formula is C16H19NO3. The van der Waals surface area contributed by atoms with Crippen molar-refractivity contribution in [2.45, 2.75) is 38.6 Å². The average molecular weight is 273 g/mol. The second-order valence-corrected chi connectivity index (χ2v) is 4.43. The van der Waals surface area contributed by atoms with Crippen molar-refractivity contribution in [3.8, 4) is 11.8 Å². The smallest absolute Gasteiger partial charge is 0.326 e. The Balaban J connectivity index is 2.48. The van der Waals surface area contributed by atoms with Crippen LogP contribution >= 0.6 is 0 Å². The Bertz CT molecular complexity index is 499. The Labute approximate surface area is 119 Å². The molecule has 0 aliphatic rings. The Morgan fingerprint density at radius 2 is 2.00 bits per heavy atom. The van der Waals surface area contributed by atoms with Gasteiger partial charge < -0.3 is 10.4 Å². The van der Waals surface area contributed by atoms with Crippen LogP contribution in [0.3, 0.4) is 0 Å². The van der Waals surface area contributed by atoms with Gasteiger partial charge in [-0.05, 0) is 18.9 Å². The molecule has 20 heavy (non-hydrogen) atoms. The van der Waals surface area contributed by atoms with Gasteiger partial charge in [-0.1, -0.05) is 30.3 Å². The lowest BCUT2D eigenvalue weighted by molar-refractivity contribution is -0.141. The molecule has 4 nitrogen and oxygen atoms in total. The minimum atomic E-state index is -1.02. The molecule has 2 N–H and O–H groups in total. The number of carboxylic acids is 1. The molecule has 0 radical (unpaired) electrons. The maximum Gasteiger partial charge on any atom is 0.326 e. The highest BCUT2D eigenvalue weighted by molar-refractivity contribution is 5.83. The highest BCUT2D eigenvalue weighted by atomic mass is 16.4. The van der Waals surface area contributed by atoms with Gasteiger partial charge in [0.1, 0.15) is 6.04 Å². The second kappa shape index (κ2) is 8.76. The fourth-order valence-electron chi connectivity index (χ4n) is 1.78. The summed E-state index contributed by atoms with van der Waals surface area (Å²) in [5.74, 6) is 4.37. The van der Waals surface area contributed by atoms with E-state index >= 15 is 0 Å². The summed E-state index contributed by atoms with van der Waals surface area (Å²) in [7, 11) is 0. The molecule has 4 heteroatoms. The number of amides is 1. The average Bonchev–Trinajstić information content (AvgIpc) is 2.44. The third-order valence-corrected chi connectivity index (χ3v) is 2.80. The van der Waals surface area contributed by atoms with Gasteiger partial charge in [0, 0.05) is 19.3 Å². The van der Waals surface area contributed by atoms with Crippen molar-refractivity contribution in [1.82, 2.24) is 5.32 Å². The molecule has 0 fully saturated rings. The van der Waals surface area contributed by atoms with Crippen LogP contribution in [0.15, 0.2) is 30.3 Å². The zero-order valence-electron chi connectivity index (χ0n) is 11.6. The number of hydrogen-bond acceptors (Lipinski definition) is 2. The van der Waals surface area contributed by atoms with E-state index in [2.05, 4.69) is 17.2 Å². The van der Waals surface area contributed by atoms with Gasteiger partial charge >= 0.3 is 5.97 Å². The lowest BCUT2D eigenvalue weighted by atomic mass is 10.1. The minimum absolute atomic E-state index is 0.244. The number of carbonyl (C=O) groups excluding carboxylic acids is 1. The lowest BCUT2D eigenvalue weighted by Gasteiger charge is -2.14. The summed E-state index contributed by atoms with van der Waals surface area (Å²) >= 11 is 0. The zero-order valence-corrected chi connectivity index (χ0v) is 11.6. The zero-order chi connectivity index (χ0) is 14.8. The summed E-state index contributed by atoms with van der Waals surface area (Å²) in [4.78, 5) is 22.9. The molecule has 0 spiro atoms. The van der Waals surface area contributed by atoms with Crippen molar-refractivity contribution in [3.63, 3.8) is 0 Å². The Hall–Kier alpha value is -2.28. The number of carboxylic acid groups (broad SMARTS) is 1. The molecule has 0 aromatic heterocycles. The van der Waals surface area contributed by atoms with Crippen LogP contribution in [0.1, 0.15) is 31.7 Å². The number of carbonyl (C=O) groups is 2. The molecule has 0 aliphatic heterocycles. The quantitative estimate of drug-likeness (QED) is 0.590. The summed E-state index contributed by atoms with van der Waals surface area (Å²) in [5, 5.41) is 11.7. The molecule has 106 valence electrons. The van der Waals surface area contributed by atoms with Crippen LogP contribution in [0.25, 0.3) is 0 Å². The van der Waals surface area contributed by atoms with Crippen molar-refractivity contribution in [2.75, 3.05) is 0 Å². The molecule has 0 saturated carbocycles. The van der Waals surface area contributed by atoms with Gasteiger partial charge in [0.2, 0.25) is 5.91 Å². The van der Waals surface area contributed by atoms with Crippen LogP contribution in [-0.2, 0) is 16.0 Å². The van der Waals surface area contributed by atoms with E-state index in [1.807, 2.05) is 30.3 Å². The third kappa shape index (κ3) is 6.05. The van der Waals surface area contributed by atoms with Gasteiger partial charge in [-0.3, -0.25) is 4.79 Å². The Morgan fingerprint density at radius 1 is 1.30 bits per heavy atom. The molecule has 1 amide bonds. The van der Waals surface area contributed by atoms with E-state index in [-0.39, 0.29) is 12.3 Å². The van der Waals surface area contributed by atoms with Crippen molar-refractivity contribution in [3.05, 3.63) is 35.9 Å². The van der Waals surface area contributed by atoms with Crippen LogP contribution < -0.4 is 5.32 Å². The van der Waals surface area contributed by atoms with Gasteiger partial charge in [-0.15, -0.1) is 11.8 Å². The van der Waals surface area contributed by atoms with Gasteiger partial charge in [0.15, 0.2) is 0 Å². The molecule has 1 unspecified atom stereocenters.